The highest BCUT2D eigenvalue weighted by Crippen LogP contribution is 2.21. The van der Waals surface area contributed by atoms with Crippen LogP contribution in [0.25, 0.3) is 0 Å². The molecule has 40 heavy (non-hydrogen) atoms. The highest BCUT2D eigenvalue weighted by molar-refractivity contribution is 5.91. The molecule has 7 nitrogen and oxygen atoms in total. The van der Waals surface area contributed by atoms with Crippen LogP contribution < -0.4 is 18.9 Å². The van der Waals surface area contributed by atoms with Gasteiger partial charge in [-0.25, -0.2) is 9.59 Å². The van der Waals surface area contributed by atoms with Crippen molar-refractivity contribution in [3.8, 4) is 11.5 Å². The van der Waals surface area contributed by atoms with E-state index in [1.165, 1.54) is 0 Å². The van der Waals surface area contributed by atoms with E-state index in [2.05, 4.69) is 0 Å². The molecule has 0 bridgehead atoms. The number of hydrogen-bond acceptors (Lipinski definition) is 6. The molecule has 3 aromatic rings. The molecule has 0 unspecified atom stereocenters. The zero-order valence-corrected chi connectivity index (χ0v) is 24.3. The molecule has 0 saturated carbocycles. The van der Waals surface area contributed by atoms with E-state index in [0.717, 1.165) is 55.6 Å². The molecule has 0 aliphatic rings. The molecule has 0 amide bonds. The fraction of sp³-hybridized carbons (Fsp3) is 0.394. The maximum Gasteiger partial charge on any atom is 0.362 e. The molecule has 7 heteroatoms. The summed E-state index contributed by atoms with van der Waals surface area (Å²) in [6.45, 7) is 1.44. The van der Waals surface area contributed by atoms with E-state index >= 15 is 0 Å². The van der Waals surface area contributed by atoms with Crippen LogP contribution >= 0.6 is 0 Å². The Morgan fingerprint density at radius 2 is 1.27 bits per heavy atom. The molecule has 0 saturated heterocycles. The minimum Gasteiger partial charge on any atom is -0.494 e. The van der Waals surface area contributed by atoms with Crippen molar-refractivity contribution >= 4 is 23.3 Å². The minimum atomic E-state index is -0.386. The van der Waals surface area contributed by atoms with Crippen molar-refractivity contribution < 1.29 is 23.8 Å². The Morgan fingerprint density at radius 1 is 0.700 bits per heavy atom. The number of likely N-dealkylation sites (N-methyl/N-ethyl adjacent to an activating group) is 1. The second-order valence-electron chi connectivity index (χ2n) is 10.7. The fourth-order valence-electron chi connectivity index (χ4n) is 4.24. The van der Waals surface area contributed by atoms with Crippen molar-refractivity contribution in [3.63, 3.8) is 0 Å². The van der Waals surface area contributed by atoms with Crippen molar-refractivity contribution in [1.29, 1.82) is 0 Å². The molecule has 0 fully saturated rings. The number of ether oxygens (including phenoxy) is 3. The monoisotopic (exact) mass is 547 g/mol. The molecular weight excluding hydrogens is 504 g/mol. The van der Waals surface area contributed by atoms with Crippen LogP contribution in [-0.4, -0.2) is 59.9 Å². The van der Waals surface area contributed by atoms with Crippen molar-refractivity contribution in [2.45, 2.75) is 38.5 Å². The number of benzene rings is 3. The Bertz CT molecular complexity index is 1180. The Hall–Kier alpha value is -3.84. The molecule has 3 aromatic carbocycles. The number of esters is 2. The number of rotatable bonds is 16. The first-order chi connectivity index (χ1) is 19.2. The zero-order chi connectivity index (χ0) is 28.8. The number of unbranched alkanes of at least 4 members (excludes halogenated alkanes) is 5. The third-order valence-electron chi connectivity index (χ3n) is 6.70. The number of para-hydroxylation sites is 1. The van der Waals surface area contributed by atoms with E-state index in [1.54, 1.807) is 24.3 Å². The maximum atomic E-state index is 12.4. The van der Waals surface area contributed by atoms with Crippen LogP contribution in [0.5, 0.6) is 11.5 Å². The minimum absolute atomic E-state index is 0.160. The molecule has 0 radical (unpaired) electrons. The van der Waals surface area contributed by atoms with Crippen LogP contribution in [0.2, 0.25) is 0 Å². The number of hydrogen-bond donors (Lipinski definition) is 0. The Morgan fingerprint density at radius 3 is 1.90 bits per heavy atom. The van der Waals surface area contributed by atoms with Gasteiger partial charge in [-0.2, -0.15) is 0 Å². The van der Waals surface area contributed by atoms with Crippen molar-refractivity contribution in [1.82, 2.24) is 4.48 Å². The van der Waals surface area contributed by atoms with Gasteiger partial charge < -0.3 is 19.1 Å². The molecule has 0 atom stereocenters. The average molecular weight is 548 g/mol. The van der Waals surface area contributed by atoms with E-state index in [9.17, 15) is 9.59 Å². The topological polar surface area (TPSA) is 65.1 Å². The van der Waals surface area contributed by atoms with Crippen LogP contribution in [0.1, 0.15) is 48.9 Å². The fourth-order valence-corrected chi connectivity index (χ4v) is 4.24. The molecule has 0 aromatic heterocycles. The predicted molar refractivity (Wildman–Crippen MR) is 161 cm³/mol. The highest BCUT2D eigenvalue weighted by Gasteiger charge is 2.23. The standard InChI is InChI=1S/C33H43N2O5/c1-34(2)28-18-16-27(17-19-28)33(37)40-31-22-20-30(21-23-31)38-24-12-7-5-6-8-13-25-39-32(36)26-35(3,4)29-14-10-9-11-15-29/h9-11,14-23H,5-8,12-13,24-26H2,1-4H3/q+1. The van der Waals surface area contributed by atoms with Crippen molar-refractivity contribution in [3.05, 3.63) is 84.4 Å². The van der Waals surface area contributed by atoms with Crippen LogP contribution in [0.3, 0.4) is 0 Å². The zero-order valence-electron chi connectivity index (χ0n) is 24.3. The van der Waals surface area contributed by atoms with Gasteiger partial charge in [0.2, 0.25) is 0 Å². The first-order valence-electron chi connectivity index (χ1n) is 14.0. The largest absolute Gasteiger partial charge is 0.494 e. The number of carbonyl (C=O) groups is 2. The summed E-state index contributed by atoms with van der Waals surface area (Å²) in [4.78, 5) is 26.6. The van der Waals surface area contributed by atoms with Crippen LogP contribution in [0.4, 0.5) is 11.4 Å². The lowest BCUT2D eigenvalue weighted by Gasteiger charge is -2.27. The second-order valence-corrected chi connectivity index (χ2v) is 10.7. The van der Waals surface area contributed by atoms with Gasteiger partial charge in [0.05, 0.1) is 32.9 Å². The SMILES string of the molecule is CN(C)c1ccc(C(=O)Oc2ccc(OCCCCCCCCOC(=O)C[N+](C)(C)c3ccccc3)cc2)cc1. The molecule has 0 aliphatic carbocycles. The summed E-state index contributed by atoms with van der Waals surface area (Å²) in [6.07, 6.45) is 6.23. The lowest BCUT2D eigenvalue weighted by molar-refractivity contribution is -0.144. The van der Waals surface area contributed by atoms with Gasteiger partial charge in [-0.1, -0.05) is 43.9 Å². The second kappa shape index (κ2) is 15.7. The summed E-state index contributed by atoms with van der Waals surface area (Å²) in [5.74, 6) is 0.695. The molecule has 0 heterocycles. The average Bonchev–Trinajstić information content (AvgIpc) is 2.95. The lowest BCUT2D eigenvalue weighted by atomic mass is 10.1. The summed E-state index contributed by atoms with van der Waals surface area (Å²) in [6, 6.07) is 24.4. The maximum absolute atomic E-state index is 12.4. The normalized spacial score (nSPS) is 11.1. The predicted octanol–water partition coefficient (Wildman–Crippen LogP) is 6.50. The van der Waals surface area contributed by atoms with Gasteiger partial charge in [0.25, 0.3) is 0 Å². The Labute approximate surface area is 238 Å². The first kappa shape index (κ1) is 30.7. The van der Waals surface area contributed by atoms with Crippen LogP contribution in [0, 0.1) is 0 Å². The van der Waals surface area contributed by atoms with E-state index in [-0.39, 0.29) is 11.9 Å². The van der Waals surface area contributed by atoms with Gasteiger partial charge >= 0.3 is 11.9 Å². The summed E-state index contributed by atoms with van der Waals surface area (Å²) < 4.78 is 17.2. The van der Waals surface area contributed by atoms with E-state index in [4.69, 9.17) is 14.2 Å². The summed E-state index contributed by atoms with van der Waals surface area (Å²) >= 11 is 0. The van der Waals surface area contributed by atoms with E-state index in [0.29, 0.717) is 35.6 Å². The smallest absolute Gasteiger partial charge is 0.362 e. The molecule has 0 spiro atoms. The number of carbonyl (C=O) groups excluding carboxylic acids is 2. The highest BCUT2D eigenvalue weighted by atomic mass is 16.5. The van der Waals surface area contributed by atoms with E-state index in [1.807, 2.05) is 87.7 Å². The number of nitrogens with zero attached hydrogens (tertiary/aromatic N) is 2. The molecular formula is C33H43N2O5+. The summed E-state index contributed by atoms with van der Waals surface area (Å²) in [5.41, 5.74) is 2.62. The van der Waals surface area contributed by atoms with Gasteiger partial charge in [0.15, 0.2) is 6.54 Å². The number of anilines is 1. The Kier molecular flexibility index (Phi) is 12.0. The van der Waals surface area contributed by atoms with Crippen molar-refractivity contribution in [2.75, 3.05) is 52.8 Å². The van der Waals surface area contributed by atoms with Crippen LogP contribution in [0.15, 0.2) is 78.9 Å². The van der Waals surface area contributed by atoms with E-state index < -0.39 is 0 Å². The van der Waals surface area contributed by atoms with Gasteiger partial charge in [-0.3, -0.25) is 4.48 Å². The van der Waals surface area contributed by atoms with Gasteiger partial charge in [0, 0.05) is 19.8 Å². The molecule has 3 rings (SSSR count). The van der Waals surface area contributed by atoms with Crippen molar-refractivity contribution in [2.24, 2.45) is 0 Å². The Balaban J connectivity index is 1.21. The van der Waals surface area contributed by atoms with Crippen LogP contribution in [-0.2, 0) is 9.53 Å². The van der Waals surface area contributed by atoms with Gasteiger partial charge in [-0.05, 0) is 73.5 Å². The summed E-state index contributed by atoms with van der Waals surface area (Å²) in [7, 11) is 7.93. The van der Waals surface area contributed by atoms with Gasteiger partial charge in [0.1, 0.15) is 17.2 Å². The number of quaternary nitrogens is 1. The first-order valence-corrected chi connectivity index (χ1v) is 14.0. The molecule has 0 N–H and O–H groups in total. The molecule has 214 valence electrons. The quantitative estimate of drug-likeness (QED) is 0.0883. The third-order valence-corrected chi connectivity index (χ3v) is 6.70. The lowest BCUT2D eigenvalue weighted by Crippen LogP contribution is -2.45. The summed E-state index contributed by atoms with van der Waals surface area (Å²) in [5, 5.41) is 0. The molecule has 0 aliphatic heterocycles. The van der Waals surface area contributed by atoms with Gasteiger partial charge in [-0.15, -0.1) is 0 Å². The third kappa shape index (κ3) is 10.4.